The van der Waals surface area contributed by atoms with Gasteiger partial charge in [0.2, 0.25) is 15.9 Å². The van der Waals surface area contributed by atoms with Crippen molar-refractivity contribution in [3.63, 3.8) is 0 Å². The van der Waals surface area contributed by atoms with E-state index in [0.717, 1.165) is 22.0 Å². The Balaban J connectivity index is 2.09. The summed E-state index contributed by atoms with van der Waals surface area (Å²) < 4.78 is 51.5. The van der Waals surface area contributed by atoms with Crippen molar-refractivity contribution < 1.29 is 22.0 Å². The summed E-state index contributed by atoms with van der Waals surface area (Å²) in [5, 5.41) is 5.28. The molecule has 0 heterocycles. The van der Waals surface area contributed by atoms with Gasteiger partial charge in [-0.3, -0.25) is 4.79 Å². The number of hydrogen-bond donors (Lipinski definition) is 2. The summed E-state index contributed by atoms with van der Waals surface area (Å²) in [4.78, 5) is 12.1. The fraction of sp³-hybridized carbons (Fsp3) is 0.235. The monoisotopic (exact) mass is 383 g/mol. The van der Waals surface area contributed by atoms with Crippen LogP contribution in [-0.2, 0) is 14.8 Å². The average Bonchev–Trinajstić information content (AvgIpc) is 2.57. The van der Waals surface area contributed by atoms with E-state index in [1.165, 1.54) is 32.3 Å². The first-order valence-electron chi connectivity index (χ1n) is 7.63. The molecule has 0 aliphatic heterocycles. The van der Waals surface area contributed by atoms with Gasteiger partial charge in [0, 0.05) is 31.5 Å². The Kier molecular flexibility index (Phi) is 5.94. The Labute approximate surface area is 150 Å². The Morgan fingerprint density at radius 3 is 2.38 bits per heavy atom. The molecule has 0 aliphatic carbocycles. The first kappa shape index (κ1) is 19.8. The molecular formula is C17H19F2N3O3S. The van der Waals surface area contributed by atoms with Crippen LogP contribution in [0, 0.1) is 18.6 Å². The highest BCUT2D eigenvalue weighted by atomic mass is 32.2. The zero-order valence-electron chi connectivity index (χ0n) is 14.5. The second-order valence-corrected chi connectivity index (χ2v) is 7.95. The maximum atomic E-state index is 13.2. The lowest BCUT2D eigenvalue weighted by molar-refractivity contribution is -0.114. The van der Waals surface area contributed by atoms with Crippen LogP contribution in [0.4, 0.5) is 20.2 Å². The predicted octanol–water partition coefficient (Wildman–Crippen LogP) is 2.57. The molecule has 0 fully saturated rings. The Bertz CT molecular complexity index is 931. The van der Waals surface area contributed by atoms with Crippen molar-refractivity contribution in [1.82, 2.24) is 4.31 Å². The second-order valence-electron chi connectivity index (χ2n) is 5.79. The van der Waals surface area contributed by atoms with Crippen molar-refractivity contribution in [1.29, 1.82) is 0 Å². The molecule has 0 saturated heterocycles. The highest BCUT2D eigenvalue weighted by Gasteiger charge is 2.18. The van der Waals surface area contributed by atoms with E-state index in [1.807, 2.05) is 0 Å². The van der Waals surface area contributed by atoms with Gasteiger partial charge in [-0.25, -0.2) is 21.5 Å². The maximum Gasteiger partial charge on any atom is 0.243 e. The van der Waals surface area contributed by atoms with Crippen molar-refractivity contribution in [3.05, 3.63) is 53.6 Å². The molecule has 0 atom stereocenters. The van der Waals surface area contributed by atoms with E-state index in [-0.39, 0.29) is 17.1 Å². The van der Waals surface area contributed by atoms with Gasteiger partial charge < -0.3 is 10.6 Å². The molecule has 0 saturated carbocycles. The number of halogens is 2. The predicted molar refractivity (Wildman–Crippen MR) is 95.5 cm³/mol. The maximum absolute atomic E-state index is 13.2. The smallest absolute Gasteiger partial charge is 0.243 e. The first-order valence-corrected chi connectivity index (χ1v) is 9.07. The zero-order valence-corrected chi connectivity index (χ0v) is 15.3. The van der Waals surface area contributed by atoms with Crippen molar-refractivity contribution in [2.75, 3.05) is 31.3 Å². The molecular weight excluding hydrogens is 364 g/mol. The van der Waals surface area contributed by atoms with Crippen LogP contribution in [0.1, 0.15) is 5.56 Å². The van der Waals surface area contributed by atoms with E-state index in [1.54, 1.807) is 13.0 Å². The molecule has 0 radical (unpaired) electrons. The molecule has 2 N–H and O–H groups in total. The summed E-state index contributed by atoms with van der Waals surface area (Å²) >= 11 is 0. The van der Waals surface area contributed by atoms with Crippen molar-refractivity contribution >= 4 is 27.3 Å². The molecule has 0 aromatic heterocycles. The third kappa shape index (κ3) is 4.55. The van der Waals surface area contributed by atoms with Crippen molar-refractivity contribution in [2.24, 2.45) is 0 Å². The summed E-state index contributed by atoms with van der Waals surface area (Å²) in [6, 6.07) is 7.59. The van der Waals surface area contributed by atoms with Gasteiger partial charge >= 0.3 is 0 Å². The normalized spacial score (nSPS) is 11.5. The van der Waals surface area contributed by atoms with Crippen LogP contribution < -0.4 is 10.6 Å². The van der Waals surface area contributed by atoms with Crippen LogP contribution in [0.2, 0.25) is 0 Å². The number of benzene rings is 2. The number of hydrogen-bond acceptors (Lipinski definition) is 4. The van der Waals surface area contributed by atoms with E-state index >= 15 is 0 Å². The van der Waals surface area contributed by atoms with Gasteiger partial charge in [0.1, 0.15) is 0 Å². The van der Waals surface area contributed by atoms with Crippen molar-refractivity contribution in [2.45, 2.75) is 11.8 Å². The number of carbonyl (C=O) groups excluding carboxylic acids is 1. The fourth-order valence-corrected chi connectivity index (χ4v) is 3.05. The molecule has 1 amide bonds. The molecule has 0 aliphatic rings. The Morgan fingerprint density at radius 1 is 1.08 bits per heavy atom. The number of nitrogens with one attached hydrogen (secondary N) is 2. The number of amides is 1. The highest BCUT2D eigenvalue weighted by Crippen LogP contribution is 2.22. The number of anilines is 2. The van der Waals surface area contributed by atoms with Gasteiger partial charge in [-0.2, -0.15) is 0 Å². The Morgan fingerprint density at radius 2 is 1.77 bits per heavy atom. The molecule has 2 aromatic rings. The molecule has 2 aromatic carbocycles. The van der Waals surface area contributed by atoms with E-state index in [9.17, 15) is 22.0 Å². The third-order valence-corrected chi connectivity index (χ3v) is 5.44. The number of rotatable bonds is 6. The summed E-state index contributed by atoms with van der Waals surface area (Å²) in [6.45, 7) is 1.59. The van der Waals surface area contributed by atoms with Crippen LogP contribution in [-0.4, -0.2) is 39.3 Å². The van der Waals surface area contributed by atoms with Crippen LogP contribution in [0.25, 0.3) is 0 Å². The zero-order chi connectivity index (χ0) is 19.5. The summed E-state index contributed by atoms with van der Waals surface area (Å²) in [7, 11) is -0.740. The van der Waals surface area contributed by atoms with Gasteiger partial charge in [0.05, 0.1) is 11.4 Å². The third-order valence-electron chi connectivity index (χ3n) is 3.63. The quantitative estimate of drug-likeness (QED) is 0.804. The van der Waals surface area contributed by atoms with E-state index in [2.05, 4.69) is 10.6 Å². The standard InChI is InChI=1S/C17H19F2N3O3S/c1-11-4-6-13(26(24,25)22(2)3)9-16(11)20-10-17(23)21-12-5-7-14(18)15(19)8-12/h4-9,20H,10H2,1-3H3,(H,21,23). The van der Waals surface area contributed by atoms with Gasteiger partial charge in [-0.05, 0) is 36.8 Å². The molecule has 9 heteroatoms. The van der Waals surface area contributed by atoms with Gasteiger partial charge in [0.25, 0.3) is 0 Å². The van der Waals surface area contributed by atoms with Gasteiger partial charge in [-0.1, -0.05) is 6.07 Å². The molecule has 0 unspecified atom stereocenters. The Hall–Kier alpha value is -2.52. The topological polar surface area (TPSA) is 78.5 Å². The minimum Gasteiger partial charge on any atom is -0.376 e. The van der Waals surface area contributed by atoms with E-state index in [4.69, 9.17) is 0 Å². The molecule has 2 rings (SSSR count). The van der Waals surface area contributed by atoms with Crippen LogP contribution >= 0.6 is 0 Å². The lowest BCUT2D eigenvalue weighted by atomic mass is 10.2. The summed E-state index contributed by atoms with van der Waals surface area (Å²) in [5.74, 6) is -2.56. The van der Waals surface area contributed by atoms with Crippen molar-refractivity contribution in [3.8, 4) is 0 Å². The number of nitrogens with zero attached hydrogens (tertiary/aromatic N) is 1. The highest BCUT2D eigenvalue weighted by molar-refractivity contribution is 7.89. The SMILES string of the molecule is Cc1ccc(S(=O)(=O)N(C)C)cc1NCC(=O)Nc1ccc(F)c(F)c1. The van der Waals surface area contributed by atoms with Gasteiger partial charge in [0.15, 0.2) is 11.6 Å². The average molecular weight is 383 g/mol. The number of sulfonamides is 1. The fourth-order valence-electron chi connectivity index (χ4n) is 2.12. The summed E-state index contributed by atoms with van der Waals surface area (Å²) in [5.41, 5.74) is 1.35. The first-order chi connectivity index (χ1) is 12.1. The number of carbonyl (C=O) groups is 1. The lowest BCUT2D eigenvalue weighted by Gasteiger charge is -2.15. The number of aryl methyl sites for hydroxylation is 1. The largest absolute Gasteiger partial charge is 0.376 e. The van der Waals surface area contributed by atoms with E-state index < -0.39 is 27.6 Å². The summed E-state index contributed by atoms with van der Waals surface area (Å²) in [6.07, 6.45) is 0. The molecule has 140 valence electrons. The van der Waals surface area contributed by atoms with Crippen LogP contribution in [0.15, 0.2) is 41.3 Å². The molecule has 0 bridgehead atoms. The minimum atomic E-state index is -3.60. The van der Waals surface area contributed by atoms with Crippen LogP contribution in [0.3, 0.4) is 0 Å². The van der Waals surface area contributed by atoms with E-state index in [0.29, 0.717) is 5.69 Å². The second kappa shape index (κ2) is 7.79. The van der Waals surface area contributed by atoms with Gasteiger partial charge in [-0.15, -0.1) is 0 Å². The lowest BCUT2D eigenvalue weighted by Crippen LogP contribution is -2.24. The minimum absolute atomic E-state index is 0.0941. The molecule has 6 nitrogen and oxygen atoms in total. The molecule has 0 spiro atoms. The molecule has 26 heavy (non-hydrogen) atoms. The van der Waals surface area contributed by atoms with Crippen LogP contribution in [0.5, 0.6) is 0 Å².